The van der Waals surface area contributed by atoms with E-state index in [2.05, 4.69) is 0 Å². The van der Waals surface area contributed by atoms with Gasteiger partial charge in [-0.05, 0) is 12.5 Å². The number of benzene rings is 1. The van der Waals surface area contributed by atoms with Crippen molar-refractivity contribution < 1.29 is 19.9 Å². The molecule has 0 radical (unpaired) electrons. The summed E-state index contributed by atoms with van der Waals surface area (Å²) in [6, 6.07) is 2.16. The molecule has 16 heavy (non-hydrogen) atoms. The maximum atomic E-state index is 10.6. The molecule has 0 aliphatic carbocycles. The van der Waals surface area contributed by atoms with E-state index in [0.29, 0.717) is 5.56 Å². The Hall–Kier alpha value is -1.66. The van der Waals surface area contributed by atoms with Crippen LogP contribution in [-0.2, 0) is 4.79 Å². The van der Waals surface area contributed by atoms with Gasteiger partial charge in [0.25, 0.3) is 5.69 Å². The SMILES string of the molecule is Cc1cc([N+](=O)[O-])cc(C(O)C(=O)O)c1Cl. The third-order valence-corrected chi connectivity index (χ3v) is 2.52. The molecule has 0 heterocycles. The number of halogens is 1. The monoisotopic (exact) mass is 245 g/mol. The molecule has 0 bridgehead atoms. The maximum absolute atomic E-state index is 10.6. The second-order valence-corrected chi connectivity index (χ2v) is 3.54. The molecule has 2 N–H and O–H groups in total. The first-order valence-electron chi connectivity index (χ1n) is 4.20. The van der Waals surface area contributed by atoms with E-state index in [1.54, 1.807) is 0 Å². The van der Waals surface area contributed by atoms with Crippen molar-refractivity contribution in [2.24, 2.45) is 0 Å². The molecule has 1 rings (SSSR count). The smallest absolute Gasteiger partial charge is 0.337 e. The summed E-state index contributed by atoms with van der Waals surface area (Å²) in [4.78, 5) is 20.4. The van der Waals surface area contributed by atoms with Crippen molar-refractivity contribution in [1.29, 1.82) is 0 Å². The lowest BCUT2D eigenvalue weighted by atomic mass is 10.1. The normalized spacial score (nSPS) is 12.2. The zero-order chi connectivity index (χ0) is 12.5. The highest BCUT2D eigenvalue weighted by Crippen LogP contribution is 2.30. The molecule has 0 fully saturated rings. The summed E-state index contributed by atoms with van der Waals surface area (Å²) in [6.07, 6.45) is -1.87. The van der Waals surface area contributed by atoms with Crippen LogP contribution in [0.5, 0.6) is 0 Å². The fraction of sp³-hybridized carbons (Fsp3) is 0.222. The molecule has 6 nitrogen and oxygen atoms in total. The fourth-order valence-corrected chi connectivity index (χ4v) is 1.43. The summed E-state index contributed by atoms with van der Waals surface area (Å²) in [5.41, 5.74) is -0.149. The summed E-state index contributed by atoms with van der Waals surface area (Å²) in [6.45, 7) is 1.49. The van der Waals surface area contributed by atoms with Gasteiger partial charge in [-0.2, -0.15) is 0 Å². The Balaban J connectivity index is 3.37. The van der Waals surface area contributed by atoms with Crippen LogP contribution in [0.1, 0.15) is 17.2 Å². The molecule has 0 aromatic heterocycles. The van der Waals surface area contributed by atoms with Crippen LogP contribution in [-0.4, -0.2) is 21.1 Å². The van der Waals surface area contributed by atoms with Crippen LogP contribution in [0.2, 0.25) is 5.02 Å². The van der Waals surface area contributed by atoms with E-state index in [0.717, 1.165) is 6.07 Å². The van der Waals surface area contributed by atoms with Crippen molar-refractivity contribution in [1.82, 2.24) is 0 Å². The second kappa shape index (κ2) is 4.46. The quantitative estimate of drug-likeness (QED) is 0.623. The number of aliphatic hydroxyl groups excluding tert-OH is 1. The number of carbonyl (C=O) groups is 1. The number of hydrogen-bond donors (Lipinski definition) is 2. The van der Waals surface area contributed by atoms with Crippen molar-refractivity contribution in [2.45, 2.75) is 13.0 Å². The van der Waals surface area contributed by atoms with Crippen molar-refractivity contribution >= 4 is 23.3 Å². The van der Waals surface area contributed by atoms with Gasteiger partial charge in [-0.15, -0.1) is 0 Å². The van der Waals surface area contributed by atoms with Gasteiger partial charge in [-0.25, -0.2) is 4.79 Å². The van der Waals surface area contributed by atoms with Crippen molar-refractivity contribution in [3.8, 4) is 0 Å². The highest BCUT2D eigenvalue weighted by molar-refractivity contribution is 6.32. The van der Waals surface area contributed by atoms with Crippen LogP contribution in [0, 0.1) is 17.0 Å². The molecule has 0 saturated heterocycles. The first kappa shape index (κ1) is 12.4. The Labute approximate surface area is 95.2 Å². The Morgan fingerprint density at radius 2 is 2.12 bits per heavy atom. The Bertz CT molecular complexity index is 459. The fourth-order valence-electron chi connectivity index (χ4n) is 1.21. The predicted molar refractivity (Wildman–Crippen MR) is 55.4 cm³/mol. The van der Waals surface area contributed by atoms with Crippen LogP contribution < -0.4 is 0 Å². The van der Waals surface area contributed by atoms with Gasteiger partial charge in [-0.1, -0.05) is 11.6 Å². The van der Waals surface area contributed by atoms with Crippen LogP contribution in [0.3, 0.4) is 0 Å². The number of rotatable bonds is 3. The highest BCUT2D eigenvalue weighted by atomic mass is 35.5. The Morgan fingerprint density at radius 3 is 2.56 bits per heavy atom. The summed E-state index contributed by atoms with van der Waals surface area (Å²) >= 11 is 5.76. The first-order valence-corrected chi connectivity index (χ1v) is 4.57. The number of hydrogen-bond acceptors (Lipinski definition) is 4. The van der Waals surface area contributed by atoms with Gasteiger partial charge in [0.05, 0.1) is 9.95 Å². The van der Waals surface area contributed by atoms with Gasteiger partial charge in [-0.3, -0.25) is 10.1 Å². The number of non-ortho nitro benzene ring substituents is 1. The Kier molecular flexibility index (Phi) is 3.46. The van der Waals surface area contributed by atoms with Gasteiger partial charge in [0.1, 0.15) is 0 Å². The highest BCUT2D eigenvalue weighted by Gasteiger charge is 2.23. The van der Waals surface area contributed by atoms with Crippen LogP contribution in [0.4, 0.5) is 5.69 Å². The molecule has 1 atom stereocenters. The van der Waals surface area contributed by atoms with Crippen molar-refractivity contribution in [3.05, 3.63) is 38.4 Å². The molecule has 86 valence electrons. The molecule has 0 aliphatic rings. The van der Waals surface area contributed by atoms with Gasteiger partial charge in [0, 0.05) is 17.7 Å². The molecule has 1 unspecified atom stereocenters. The van der Waals surface area contributed by atoms with E-state index in [4.69, 9.17) is 16.7 Å². The van der Waals surface area contributed by atoms with E-state index in [1.165, 1.54) is 13.0 Å². The van der Waals surface area contributed by atoms with Gasteiger partial charge in [0.15, 0.2) is 6.10 Å². The van der Waals surface area contributed by atoms with Crippen molar-refractivity contribution in [3.63, 3.8) is 0 Å². The summed E-state index contributed by atoms with van der Waals surface area (Å²) in [7, 11) is 0. The van der Waals surface area contributed by atoms with Crippen LogP contribution in [0.25, 0.3) is 0 Å². The summed E-state index contributed by atoms with van der Waals surface area (Å²) in [5.74, 6) is -1.51. The van der Waals surface area contributed by atoms with Gasteiger partial charge >= 0.3 is 5.97 Å². The van der Waals surface area contributed by atoms with Crippen LogP contribution >= 0.6 is 11.6 Å². The predicted octanol–water partition coefficient (Wildman–Crippen LogP) is 1.67. The van der Waals surface area contributed by atoms with E-state index in [-0.39, 0.29) is 16.3 Å². The van der Waals surface area contributed by atoms with Crippen LogP contribution in [0.15, 0.2) is 12.1 Å². The molecular weight excluding hydrogens is 238 g/mol. The number of carboxylic acid groups (broad SMARTS) is 1. The molecule has 0 spiro atoms. The maximum Gasteiger partial charge on any atom is 0.337 e. The molecular formula is C9H8ClNO5. The number of nitro benzene ring substituents is 1. The number of carboxylic acids is 1. The summed E-state index contributed by atoms with van der Waals surface area (Å²) < 4.78 is 0. The second-order valence-electron chi connectivity index (χ2n) is 3.16. The molecule has 1 aromatic rings. The van der Waals surface area contributed by atoms with E-state index in [9.17, 15) is 20.0 Å². The molecule has 0 saturated carbocycles. The van der Waals surface area contributed by atoms with E-state index < -0.39 is 17.0 Å². The molecule has 7 heteroatoms. The third kappa shape index (κ3) is 2.29. The number of aliphatic hydroxyl groups is 1. The lowest BCUT2D eigenvalue weighted by Crippen LogP contribution is -2.11. The minimum atomic E-state index is -1.87. The molecule has 0 aliphatic heterocycles. The third-order valence-electron chi connectivity index (χ3n) is 2.01. The largest absolute Gasteiger partial charge is 0.479 e. The lowest BCUT2D eigenvalue weighted by Gasteiger charge is -2.09. The molecule has 1 aromatic carbocycles. The average Bonchev–Trinajstić information content (AvgIpc) is 2.20. The van der Waals surface area contributed by atoms with Crippen molar-refractivity contribution in [2.75, 3.05) is 0 Å². The topological polar surface area (TPSA) is 101 Å². The minimum absolute atomic E-state index is 0.0144. The lowest BCUT2D eigenvalue weighted by molar-refractivity contribution is -0.385. The number of aryl methyl sites for hydroxylation is 1. The number of nitro groups is 1. The standard InChI is InChI=1S/C9H8ClNO5/c1-4-2-5(11(15)16)3-6(7(4)10)8(12)9(13)14/h2-3,8,12H,1H3,(H,13,14). The minimum Gasteiger partial charge on any atom is -0.479 e. The number of nitrogens with zero attached hydrogens (tertiary/aromatic N) is 1. The molecule has 0 amide bonds. The van der Waals surface area contributed by atoms with E-state index >= 15 is 0 Å². The van der Waals surface area contributed by atoms with Gasteiger partial charge in [0.2, 0.25) is 0 Å². The zero-order valence-corrected chi connectivity index (χ0v) is 8.93. The first-order chi connectivity index (χ1) is 7.34. The van der Waals surface area contributed by atoms with E-state index in [1.807, 2.05) is 0 Å². The number of aliphatic carboxylic acids is 1. The Morgan fingerprint density at radius 1 is 1.56 bits per heavy atom. The zero-order valence-electron chi connectivity index (χ0n) is 8.18. The van der Waals surface area contributed by atoms with Gasteiger partial charge < -0.3 is 10.2 Å². The average molecular weight is 246 g/mol. The summed E-state index contributed by atoms with van der Waals surface area (Å²) in [5, 5.41) is 28.5.